The van der Waals surface area contributed by atoms with E-state index in [0.29, 0.717) is 17.3 Å². The Kier molecular flexibility index (Phi) is 3.09. The average Bonchev–Trinajstić information content (AvgIpc) is 2.80. The van der Waals surface area contributed by atoms with Gasteiger partial charge in [-0.25, -0.2) is 0 Å². The molecule has 1 aliphatic heterocycles. The molecule has 0 spiro atoms. The fourth-order valence-electron chi connectivity index (χ4n) is 2.85. The fourth-order valence-corrected chi connectivity index (χ4v) is 3.79. The average molecular weight is 288 g/mol. The van der Waals surface area contributed by atoms with Gasteiger partial charge >= 0.3 is 0 Å². The minimum atomic E-state index is -0.161. The van der Waals surface area contributed by atoms with Crippen LogP contribution in [-0.4, -0.2) is 20.4 Å². The summed E-state index contributed by atoms with van der Waals surface area (Å²) in [4.78, 5) is 16.8. The highest BCUT2D eigenvalue weighted by atomic mass is 32.2. The molecule has 0 fully saturated rings. The van der Waals surface area contributed by atoms with Crippen LogP contribution in [0.1, 0.15) is 16.7 Å². The monoisotopic (exact) mass is 288 g/mol. The van der Waals surface area contributed by atoms with Gasteiger partial charge < -0.3 is 5.11 Å². The Labute approximate surface area is 121 Å². The van der Waals surface area contributed by atoms with Crippen molar-refractivity contribution in [2.75, 3.05) is 5.75 Å². The molecule has 0 amide bonds. The number of thioether (sulfide) groups is 1. The van der Waals surface area contributed by atoms with E-state index in [1.807, 2.05) is 32.9 Å². The standard InChI is InChI=1S/C15H16N2O2S/c1-8-6-9(2)11(10(3)7-8)12-13(18)16-15-17(14(12)19)4-5-20-15/h6-7,18H,4-5H2,1-3H3. The molecule has 1 aromatic heterocycles. The molecular weight excluding hydrogens is 272 g/mol. The Bertz CT molecular complexity index is 742. The normalized spacial score (nSPS) is 13.6. The zero-order chi connectivity index (χ0) is 14.4. The number of hydrogen-bond donors (Lipinski definition) is 1. The molecule has 0 aliphatic carbocycles. The number of hydrogen-bond acceptors (Lipinski definition) is 4. The number of aryl methyl sites for hydroxylation is 3. The van der Waals surface area contributed by atoms with Crippen molar-refractivity contribution in [3.8, 4) is 17.0 Å². The molecular formula is C15H16N2O2S. The minimum absolute atomic E-state index is 0.146. The van der Waals surface area contributed by atoms with Crippen molar-refractivity contribution in [3.05, 3.63) is 39.2 Å². The first-order valence-corrected chi connectivity index (χ1v) is 7.52. The summed E-state index contributed by atoms with van der Waals surface area (Å²) in [7, 11) is 0. The zero-order valence-corrected chi connectivity index (χ0v) is 12.5. The summed E-state index contributed by atoms with van der Waals surface area (Å²) in [5, 5.41) is 10.8. The fraction of sp³-hybridized carbons (Fsp3) is 0.333. The maximum absolute atomic E-state index is 12.6. The smallest absolute Gasteiger partial charge is 0.265 e. The highest BCUT2D eigenvalue weighted by Gasteiger charge is 2.23. The summed E-state index contributed by atoms with van der Waals surface area (Å²) in [5.74, 6) is 0.669. The third kappa shape index (κ3) is 1.93. The van der Waals surface area contributed by atoms with E-state index in [4.69, 9.17) is 0 Å². The van der Waals surface area contributed by atoms with Crippen LogP contribution in [-0.2, 0) is 6.54 Å². The van der Waals surface area contributed by atoms with Crippen molar-refractivity contribution in [3.63, 3.8) is 0 Å². The van der Waals surface area contributed by atoms with Gasteiger partial charge in [0.2, 0.25) is 5.88 Å². The molecule has 0 saturated carbocycles. The van der Waals surface area contributed by atoms with Gasteiger partial charge in [-0.3, -0.25) is 9.36 Å². The van der Waals surface area contributed by atoms with Crippen LogP contribution in [0.4, 0.5) is 0 Å². The molecule has 5 heteroatoms. The lowest BCUT2D eigenvalue weighted by Gasteiger charge is -2.13. The van der Waals surface area contributed by atoms with E-state index in [0.717, 1.165) is 28.0 Å². The van der Waals surface area contributed by atoms with E-state index in [1.165, 1.54) is 11.8 Å². The molecule has 2 aromatic rings. The molecule has 1 aliphatic rings. The second kappa shape index (κ2) is 4.66. The van der Waals surface area contributed by atoms with Crippen LogP contribution in [0.25, 0.3) is 11.1 Å². The molecule has 3 rings (SSSR count). The summed E-state index contributed by atoms with van der Waals surface area (Å²) in [6.07, 6.45) is 0. The van der Waals surface area contributed by atoms with Crippen molar-refractivity contribution in [1.82, 2.24) is 9.55 Å². The van der Waals surface area contributed by atoms with Gasteiger partial charge in [0.1, 0.15) is 5.56 Å². The summed E-state index contributed by atoms with van der Waals surface area (Å²) >= 11 is 1.50. The minimum Gasteiger partial charge on any atom is -0.493 e. The lowest BCUT2D eigenvalue weighted by atomic mass is 9.95. The van der Waals surface area contributed by atoms with Gasteiger partial charge in [0, 0.05) is 12.3 Å². The maximum Gasteiger partial charge on any atom is 0.265 e. The number of aromatic hydroxyl groups is 1. The molecule has 104 valence electrons. The molecule has 0 atom stereocenters. The molecule has 20 heavy (non-hydrogen) atoms. The first-order valence-electron chi connectivity index (χ1n) is 6.54. The lowest BCUT2D eigenvalue weighted by Crippen LogP contribution is -2.22. The van der Waals surface area contributed by atoms with E-state index in [-0.39, 0.29) is 11.4 Å². The van der Waals surface area contributed by atoms with Gasteiger partial charge in [0.15, 0.2) is 5.16 Å². The van der Waals surface area contributed by atoms with Gasteiger partial charge in [0.25, 0.3) is 5.56 Å². The second-order valence-electron chi connectivity index (χ2n) is 5.17. The van der Waals surface area contributed by atoms with E-state index in [9.17, 15) is 9.90 Å². The Morgan fingerprint density at radius 1 is 1.20 bits per heavy atom. The summed E-state index contributed by atoms with van der Waals surface area (Å²) in [6, 6.07) is 4.04. The third-order valence-electron chi connectivity index (χ3n) is 3.59. The molecule has 0 saturated heterocycles. The predicted molar refractivity (Wildman–Crippen MR) is 80.5 cm³/mol. The van der Waals surface area contributed by atoms with Crippen LogP contribution in [0.15, 0.2) is 22.1 Å². The van der Waals surface area contributed by atoms with Crippen LogP contribution in [0.5, 0.6) is 5.88 Å². The highest BCUT2D eigenvalue weighted by Crippen LogP contribution is 2.33. The second-order valence-corrected chi connectivity index (χ2v) is 6.23. The van der Waals surface area contributed by atoms with E-state index < -0.39 is 0 Å². The number of aromatic nitrogens is 2. The maximum atomic E-state index is 12.6. The van der Waals surface area contributed by atoms with Crippen LogP contribution in [0.3, 0.4) is 0 Å². The quantitative estimate of drug-likeness (QED) is 0.820. The SMILES string of the molecule is Cc1cc(C)c(-c2c(O)nc3n(c2=O)CCS3)c(C)c1. The van der Waals surface area contributed by atoms with Crippen molar-refractivity contribution < 1.29 is 5.11 Å². The number of nitrogens with zero attached hydrogens (tertiary/aromatic N) is 2. The Hall–Kier alpha value is -1.75. The van der Waals surface area contributed by atoms with E-state index in [1.54, 1.807) is 4.57 Å². The Morgan fingerprint density at radius 2 is 1.85 bits per heavy atom. The van der Waals surface area contributed by atoms with Crippen molar-refractivity contribution in [1.29, 1.82) is 0 Å². The van der Waals surface area contributed by atoms with Crippen molar-refractivity contribution in [2.24, 2.45) is 0 Å². The first kappa shape index (κ1) is 13.2. The Morgan fingerprint density at radius 3 is 2.50 bits per heavy atom. The predicted octanol–water partition coefficient (Wildman–Crippen LogP) is 2.65. The van der Waals surface area contributed by atoms with Gasteiger partial charge in [-0.05, 0) is 37.5 Å². The number of fused-ring (bicyclic) bond motifs is 1. The molecule has 0 unspecified atom stereocenters. The van der Waals surface area contributed by atoms with Crippen LogP contribution >= 0.6 is 11.8 Å². The Balaban J connectivity index is 2.34. The lowest BCUT2D eigenvalue weighted by molar-refractivity contribution is 0.439. The zero-order valence-electron chi connectivity index (χ0n) is 11.7. The summed E-state index contributed by atoms with van der Waals surface area (Å²) < 4.78 is 1.65. The van der Waals surface area contributed by atoms with E-state index in [2.05, 4.69) is 4.98 Å². The molecule has 1 N–H and O–H groups in total. The first-order chi connectivity index (χ1) is 9.49. The van der Waals surface area contributed by atoms with Gasteiger partial charge in [0.05, 0.1) is 0 Å². The number of benzene rings is 1. The van der Waals surface area contributed by atoms with E-state index >= 15 is 0 Å². The van der Waals surface area contributed by atoms with Gasteiger partial charge in [-0.2, -0.15) is 4.98 Å². The van der Waals surface area contributed by atoms with Crippen molar-refractivity contribution in [2.45, 2.75) is 32.5 Å². The molecule has 4 nitrogen and oxygen atoms in total. The topological polar surface area (TPSA) is 55.1 Å². The number of rotatable bonds is 1. The third-order valence-corrected chi connectivity index (χ3v) is 4.54. The van der Waals surface area contributed by atoms with Crippen LogP contribution < -0.4 is 5.56 Å². The highest BCUT2D eigenvalue weighted by molar-refractivity contribution is 7.99. The van der Waals surface area contributed by atoms with Crippen molar-refractivity contribution >= 4 is 11.8 Å². The van der Waals surface area contributed by atoms with Gasteiger partial charge in [-0.15, -0.1) is 0 Å². The van der Waals surface area contributed by atoms with Crippen LogP contribution in [0.2, 0.25) is 0 Å². The molecule has 1 aromatic carbocycles. The summed E-state index contributed by atoms with van der Waals surface area (Å²) in [6.45, 7) is 6.60. The van der Waals surface area contributed by atoms with Gasteiger partial charge in [-0.1, -0.05) is 29.5 Å². The molecule has 0 radical (unpaired) electrons. The molecule has 0 bridgehead atoms. The largest absolute Gasteiger partial charge is 0.493 e. The van der Waals surface area contributed by atoms with Crippen LogP contribution in [0, 0.1) is 20.8 Å². The molecule has 2 heterocycles. The summed E-state index contributed by atoms with van der Waals surface area (Å²) in [5.41, 5.74) is 4.11.